The molecule has 0 N–H and O–H groups in total. The highest BCUT2D eigenvalue weighted by Gasteiger charge is 2.40. The third-order valence-corrected chi connectivity index (χ3v) is 5.35. The van der Waals surface area contributed by atoms with Crippen LogP contribution >= 0.6 is 0 Å². The van der Waals surface area contributed by atoms with Gasteiger partial charge in [-0.1, -0.05) is 39.8 Å². The minimum Gasteiger partial charge on any atom is -0.497 e. The maximum Gasteiger partial charge on any atom is 0.225 e. The summed E-state index contributed by atoms with van der Waals surface area (Å²) in [6.07, 6.45) is 3.32. The molecular formula is C20H31NO2. The van der Waals surface area contributed by atoms with E-state index in [1.807, 2.05) is 26.0 Å². The maximum absolute atomic E-state index is 12.5. The first-order valence-electron chi connectivity index (χ1n) is 8.79. The summed E-state index contributed by atoms with van der Waals surface area (Å²) in [6, 6.07) is 8.38. The fraction of sp³-hybridized carbons (Fsp3) is 0.650. The third kappa shape index (κ3) is 4.07. The Labute approximate surface area is 141 Å². The van der Waals surface area contributed by atoms with Crippen molar-refractivity contribution < 1.29 is 9.53 Å². The monoisotopic (exact) mass is 317 g/mol. The van der Waals surface area contributed by atoms with Crippen LogP contribution in [0.1, 0.15) is 46.1 Å². The van der Waals surface area contributed by atoms with Gasteiger partial charge >= 0.3 is 0 Å². The van der Waals surface area contributed by atoms with Crippen molar-refractivity contribution in [3.8, 4) is 5.75 Å². The lowest BCUT2D eigenvalue weighted by molar-refractivity contribution is -0.139. The topological polar surface area (TPSA) is 29.5 Å². The molecule has 1 heterocycles. The van der Waals surface area contributed by atoms with Crippen LogP contribution in [0.5, 0.6) is 5.75 Å². The number of hydrogen-bond acceptors (Lipinski definition) is 2. The second kappa shape index (κ2) is 7.37. The Bertz CT molecular complexity index is 521. The summed E-state index contributed by atoms with van der Waals surface area (Å²) in [7, 11) is 1.70. The summed E-state index contributed by atoms with van der Waals surface area (Å²) in [5.74, 6) is 1.82. The van der Waals surface area contributed by atoms with Gasteiger partial charge in [-0.25, -0.2) is 0 Å². The third-order valence-electron chi connectivity index (χ3n) is 5.35. The average Bonchev–Trinajstić information content (AvgIpc) is 2.54. The number of hydrogen-bond donors (Lipinski definition) is 0. The number of ether oxygens (including phenoxy) is 1. The highest BCUT2D eigenvalue weighted by Crippen LogP contribution is 2.41. The first-order chi connectivity index (χ1) is 10.9. The molecule has 0 aliphatic carbocycles. The van der Waals surface area contributed by atoms with Gasteiger partial charge in [-0.2, -0.15) is 0 Å². The van der Waals surface area contributed by atoms with Crippen LogP contribution in [0.25, 0.3) is 0 Å². The van der Waals surface area contributed by atoms with Crippen molar-refractivity contribution in [2.24, 2.45) is 17.3 Å². The minimum absolute atomic E-state index is 0.0824. The van der Waals surface area contributed by atoms with Crippen LogP contribution in [0.2, 0.25) is 0 Å². The van der Waals surface area contributed by atoms with Crippen LogP contribution in [0.4, 0.5) is 0 Å². The summed E-state index contributed by atoms with van der Waals surface area (Å²) in [5, 5.41) is 0. The normalized spacial score (nSPS) is 21.8. The van der Waals surface area contributed by atoms with E-state index < -0.39 is 0 Å². The first-order valence-corrected chi connectivity index (χ1v) is 8.79. The van der Waals surface area contributed by atoms with E-state index in [1.54, 1.807) is 7.11 Å². The average molecular weight is 317 g/mol. The largest absolute Gasteiger partial charge is 0.497 e. The molecule has 1 fully saturated rings. The Morgan fingerprint density at radius 2 is 1.87 bits per heavy atom. The predicted octanol–water partition coefficient (Wildman–Crippen LogP) is 4.16. The summed E-state index contributed by atoms with van der Waals surface area (Å²) in [6.45, 7) is 10.4. The zero-order valence-corrected chi connectivity index (χ0v) is 15.3. The zero-order valence-electron chi connectivity index (χ0n) is 15.3. The molecule has 1 saturated heterocycles. The lowest BCUT2D eigenvalue weighted by Gasteiger charge is -2.46. The van der Waals surface area contributed by atoms with E-state index in [0.29, 0.717) is 11.8 Å². The maximum atomic E-state index is 12.5. The smallest absolute Gasteiger partial charge is 0.225 e. The highest BCUT2D eigenvalue weighted by molar-refractivity contribution is 5.78. The van der Waals surface area contributed by atoms with Crippen LogP contribution < -0.4 is 4.74 Å². The summed E-state index contributed by atoms with van der Waals surface area (Å²) in [4.78, 5) is 14.5. The predicted molar refractivity (Wildman–Crippen MR) is 94.6 cm³/mol. The molecule has 1 atom stereocenters. The van der Waals surface area contributed by atoms with Crippen molar-refractivity contribution in [1.82, 2.24) is 4.90 Å². The molecule has 1 aliphatic rings. The molecule has 3 nitrogen and oxygen atoms in total. The van der Waals surface area contributed by atoms with Gasteiger partial charge in [0.25, 0.3) is 0 Å². The molecule has 0 aromatic heterocycles. The molecule has 0 bridgehead atoms. The van der Waals surface area contributed by atoms with Gasteiger partial charge in [-0.05, 0) is 48.3 Å². The molecule has 2 rings (SSSR count). The summed E-state index contributed by atoms with van der Waals surface area (Å²) in [5.41, 5.74) is 1.51. The van der Waals surface area contributed by atoms with Crippen molar-refractivity contribution >= 4 is 5.91 Å². The Hall–Kier alpha value is -1.51. The fourth-order valence-electron chi connectivity index (χ4n) is 3.68. The number of carbonyl (C=O) groups excluding carboxylic acids is 1. The molecule has 1 aromatic rings. The molecule has 0 spiro atoms. The van der Waals surface area contributed by atoms with Gasteiger partial charge in [0, 0.05) is 19.0 Å². The van der Waals surface area contributed by atoms with Crippen LogP contribution in [-0.4, -0.2) is 31.0 Å². The van der Waals surface area contributed by atoms with E-state index >= 15 is 0 Å². The number of carbonyl (C=O) groups is 1. The van der Waals surface area contributed by atoms with Crippen molar-refractivity contribution in [1.29, 1.82) is 0 Å². The van der Waals surface area contributed by atoms with E-state index in [0.717, 1.165) is 31.7 Å². The van der Waals surface area contributed by atoms with E-state index in [9.17, 15) is 4.79 Å². The lowest BCUT2D eigenvalue weighted by atomic mass is 9.67. The number of nitrogens with zero attached hydrogens (tertiary/aromatic N) is 1. The van der Waals surface area contributed by atoms with Gasteiger partial charge in [-0.3, -0.25) is 4.79 Å². The number of methoxy groups -OCH3 is 1. The Morgan fingerprint density at radius 3 is 2.39 bits per heavy atom. The minimum atomic E-state index is 0.0824. The molecule has 0 radical (unpaired) electrons. The Kier molecular flexibility index (Phi) is 5.72. The molecule has 3 heteroatoms. The molecule has 23 heavy (non-hydrogen) atoms. The molecule has 128 valence electrons. The van der Waals surface area contributed by atoms with Crippen LogP contribution in [0.3, 0.4) is 0 Å². The van der Waals surface area contributed by atoms with Crippen molar-refractivity contribution in [2.75, 3.05) is 20.2 Å². The summed E-state index contributed by atoms with van der Waals surface area (Å²) < 4.78 is 5.25. The second-order valence-corrected chi connectivity index (χ2v) is 7.56. The Morgan fingerprint density at radius 1 is 1.22 bits per heavy atom. The van der Waals surface area contributed by atoms with Gasteiger partial charge in [-0.15, -0.1) is 0 Å². The van der Waals surface area contributed by atoms with Gasteiger partial charge in [0.1, 0.15) is 5.75 Å². The van der Waals surface area contributed by atoms with Crippen LogP contribution in [0, 0.1) is 17.3 Å². The molecule has 0 saturated carbocycles. The number of amides is 1. The van der Waals surface area contributed by atoms with Gasteiger partial charge in [0.05, 0.1) is 7.11 Å². The molecule has 1 unspecified atom stereocenters. The van der Waals surface area contributed by atoms with Crippen LogP contribution in [-0.2, 0) is 11.2 Å². The Balaban J connectivity index is 2.19. The standard InChI is InChI=1S/C20H31NO2/c1-15(2)19(22)21-12-6-11-20(14-21,16(3)4)13-17-7-9-18(23-5)10-8-17/h7-10,15-16H,6,11-14H2,1-5H3. The van der Waals surface area contributed by atoms with E-state index in [-0.39, 0.29) is 11.3 Å². The number of rotatable bonds is 5. The van der Waals surface area contributed by atoms with Crippen LogP contribution in [0.15, 0.2) is 24.3 Å². The van der Waals surface area contributed by atoms with Crippen molar-refractivity contribution in [2.45, 2.75) is 47.0 Å². The van der Waals surface area contributed by atoms with E-state index in [2.05, 4.69) is 30.9 Å². The lowest BCUT2D eigenvalue weighted by Crippen LogP contribution is -2.50. The number of likely N-dealkylation sites (tertiary alicyclic amines) is 1. The quantitative estimate of drug-likeness (QED) is 0.816. The SMILES string of the molecule is COc1ccc(CC2(C(C)C)CCCN(C(=O)C(C)C)C2)cc1. The molecule has 1 aliphatic heterocycles. The van der Waals surface area contributed by atoms with Gasteiger partial charge in [0.2, 0.25) is 5.91 Å². The molecule has 1 aromatic carbocycles. The molecule has 1 amide bonds. The number of piperidine rings is 1. The van der Waals surface area contributed by atoms with Crippen molar-refractivity contribution in [3.63, 3.8) is 0 Å². The molecular weight excluding hydrogens is 286 g/mol. The van der Waals surface area contributed by atoms with Gasteiger partial charge < -0.3 is 9.64 Å². The van der Waals surface area contributed by atoms with E-state index in [1.165, 1.54) is 12.0 Å². The fourth-order valence-corrected chi connectivity index (χ4v) is 3.68. The zero-order chi connectivity index (χ0) is 17.0. The van der Waals surface area contributed by atoms with Gasteiger partial charge in [0.15, 0.2) is 0 Å². The van der Waals surface area contributed by atoms with Crippen molar-refractivity contribution in [3.05, 3.63) is 29.8 Å². The second-order valence-electron chi connectivity index (χ2n) is 7.56. The summed E-state index contributed by atoms with van der Waals surface area (Å²) >= 11 is 0. The highest BCUT2D eigenvalue weighted by atomic mass is 16.5. The number of benzene rings is 1. The van der Waals surface area contributed by atoms with E-state index in [4.69, 9.17) is 4.74 Å². The first kappa shape index (κ1) is 17.8.